The molecule has 1 aliphatic carbocycles. The second-order valence-electron chi connectivity index (χ2n) is 2.31. The van der Waals surface area contributed by atoms with Crippen LogP contribution in [0.4, 0.5) is 0 Å². The Hall–Kier alpha value is -0.350. The number of nitrogens with one attached hydrogen (secondary N) is 1. The van der Waals surface area contributed by atoms with E-state index in [0.717, 1.165) is 0 Å². The molecule has 1 aliphatic rings. The average molecular weight is 161 g/mol. The fourth-order valence-corrected chi connectivity index (χ4v) is 2.07. The molecule has 0 aliphatic heterocycles. The van der Waals surface area contributed by atoms with Crippen LogP contribution in [0.25, 0.3) is 0 Å². The summed E-state index contributed by atoms with van der Waals surface area (Å²) in [6, 6.07) is 0. The van der Waals surface area contributed by atoms with E-state index in [1.807, 2.05) is 12.2 Å². The van der Waals surface area contributed by atoms with Gasteiger partial charge in [0.25, 0.3) is 0 Å². The molecule has 0 unspecified atom stereocenters. The topological polar surface area (TPSA) is 46.2 Å². The minimum absolute atomic E-state index is 0.225. The largest absolute Gasteiger partial charge is 0.218 e. The summed E-state index contributed by atoms with van der Waals surface area (Å²) in [5, 5.41) is -0.225. The lowest BCUT2D eigenvalue weighted by Gasteiger charge is -2.07. The van der Waals surface area contributed by atoms with E-state index in [4.69, 9.17) is 0 Å². The van der Waals surface area contributed by atoms with Crippen LogP contribution in [0.2, 0.25) is 0 Å². The highest BCUT2D eigenvalue weighted by Crippen LogP contribution is 2.16. The fraction of sp³-hybridized carbons (Fsp3) is 0.667. The lowest BCUT2D eigenvalue weighted by Crippen LogP contribution is -2.29. The van der Waals surface area contributed by atoms with Crippen LogP contribution < -0.4 is 4.72 Å². The Morgan fingerprint density at radius 3 is 2.30 bits per heavy atom. The molecular weight excluding hydrogens is 150 g/mol. The van der Waals surface area contributed by atoms with Gasteiger partial charge in [-0.1, -0.05) is 12.2 Å². The van der Waals surface area contributed by atoms with E-state index in [1.165, 1.54) is 7.05 Å². The summed E-state index contributed by atoms with van der Waals surface area (Å²) < 4.78 is 24.4. The van der Waals surface area contributed by atoms with Gasteiger partial charge in [-0.25, -0.2) is 13.1 Å². The van der Waals surface area contributed by atoms with Crippen molar-refractivity contribution in [1.29, 1.82) is 0 Å². The summed E-state index contributed by atoms with van der Waals surface area (Å²) >= 11 is 0. The molecule has 0 bridgehead atoms. The molecule has 0 amide bonds. The number of hydrogen-bond donors (Lipinski definition) is 1. The summed E-state index contributed by atoms with van der Waals surface area (Å²) in [4.78, 5) is 0. The van der Waals surface area contributed by atoms with Crippen molar-refractivity contribution in [2.24, 2.45) is 0 Å². The monoisotopic (exact) mass is 161 g/mol. The van der Waals surface area contributed by atoms with E-state index in [0.29, 0.717) is 12.8 Å². The first-order valence-corrected chi connectivity index (χ1v) is 4.79. The third-order valence-corrected chi connectivity index (χ3v) is 3.52. The molecule has 1 rings (SSSR count). The highest BCUT2D eigenvalue weighted by molar-refractivity contribution is 7.90. The van der Waals surface area contributed by atoms with E-state index in [2.05, 4.69) is 4.72 Å². The normalized spacial score (nSPS) is 20.1. The lowest BCUT2D eigenvalue weighted by atomic mass is 10.4. The SMILES string of the molecule is CNS(=O)(=O)C1CC=CC1. The molecule has 0 aromatic heterocycles. The maximum Gasteiger partial charge on any atom is 0.214 e. The Bertz CT molecular complexity index is 222. The van der Waals surface area contributed by atoms with Crippen molar-refractivity contribution < 1.29 is 8.42 Å². The van der Waals surface area contributed by atoms with Crippen molar-refractivity contribution in [3.63, 3.8) is 0 Å². The van der Waals surface area contributed by atoms with Crippen molar-refractivity contribution >= 4 is 10.0 Å². The Balaban J connectivity index is 2.67. The Kier molecular flexibility index (Phi) is 2.11. The quantitative estimate of drug-likeness (QED) is 0.590. The van der Waals surface area contributed by atoms with Gasteiger partial charge < -0.3 is 0 Å². The van der Waals surface area contributed by atoms with Gasteiger partial charge in [0.15, 0.2) is 0 Å². The first-order valence-electron chi connectivity index (χ1n) is 3.24. The summed E-state index contributed by atoms with van der Waals surface area (Å²) in [5.41, 5.74) is 0. The summed E-state index contributed by atoms with van der Waals surface area (Å²) in [6.07, 6.45) is 5.12. The predicted molar refractivity (Wildman–Crippen MR) is 40.1 cm³/mol. The van der Waals surface area contributed by atoms with E-state index >= 15 is 0 Å². The van der Waals surface area contributed by atoms with Gasteiger partial charge in [-0.05, 0) is 19.9 Å². The van der Waals surface area contributed by atoms with Gasteiger partial charge in [0, 0.05) is 0 Å². The van der Waals surface area contributed by atoms with E-state index in [1.54, 1.807) is 0 Å². The van der Waals surface area contributed by atoms with E-state index in [9.17, 15) is 8.42 Å². The van der Waals surface area contributed by atoms with Crippen molar-refractivity contribution in [2.45, 2.75) is 18.1 Å². The van der Waals surface area contributed by atoms with Crippen LogP contribution in [-0.2, 0) is 10.0 Å². The van der Waals surface area contributed by atoms with Crippen molar-refractivity contribution in [3.8, 4) is 0 Å². The molecule has 0 aromatic carbocycles. The Morgan fingerprint density at radius 2 is 1.90 bits per heavy atom. The molecule has 0 heterocycles. The van der Waals surface area contributed by atoms with Crippen molar-refractivity contribution in [2.75, 3.05) is 7.05 Å². The van der Waals surface area contributed by atoms with Gasteiger partial charge in [0.1, 0.15) is 0 Å². The zero-order valence-corrected chi connectivity index (χ0v) is 6.69. The number of sulfonamides is 1. The van der Waals surface area contributed by atoms with Crippen LogP contribution in [0.3, 0.4) is 0 Å². The standard InChI is InChI=1S/C6H11NO2S/c1-7-10(8,9)6-4-2-3-5-6/h2-3,6-7H,4-5H2,1H3. The van der Waals surface area contributed by atoms with Gasteiger partial charge in [-0.15, -0.1) is 0 Å². The maximum absolute atomic E-state index is 11.1. The number of rotatable bonds is 2. The van der Waals surface area contributed by atoms with Crippen molar-refractivity contribution in [3.05, 3.63) is 12.2 Å². The van der Waals surface area contributed by atoms with E-state index in [-0.39, 0.29) is 5.25 Å². The molecule has 0 fully saturated rings. The molecule has 0 saturated carbocycles. The molecule has 0 atom stereocenters. The van der Waals surface area contributed by atoms with Crippen LogP contribution in [0.1, 0.15) is 12.8 Å². The molecule has 1 N–H and O–H groups in total. The third-order valence-electron chi connectivity index (χ3n) is 1.69. The highest BCUT2D eigenvalue weighted by Gasteiger charge is 2.23. The first-order chi connectivity index (χ1) is 4.67. The fourth-order valence-electron chi connectivity index (χ4n) is 1.01. The Morgan fingerprint density at radius 1 is 1.40 bits per heavy atom. The molecule has 10 heavy (non-hydrogen) atoms. The average Bonchev–Trinajstić information content (AvgIpc) is 2.38. The summed E-state index contributed by atoms with van der Waals surface area (Å²) in [7, 11) is -1.56. The third kappa shape index (κ3) is 1.38. The summed E-state index contributed by atoms with van der Waals surface area (Å²) in [6.45, 7) is 0. The number of hydrogen-bond acceptors (Lipinski definition) is 2. The molecule has 0 radical (unpaired) electrons. The van der Waals surface area contributed by atoms with Crippen LogP contribution in [0.5, 0.6) is 0 Å². The molecule has 3 nitrogen and oxygen atoms in total. The second kappa shape index (κ2) is 2.72. The van der Waals surface area contributed by atoms with Gasteiger partial charge in [0.05, 0.1) is 5.25 Å². The van der Waals surface area contributed by atoms with Crippen LogP contribution in [-0.4, -0.2) is 20.7 Å². The van der Waals surface area contributed by atoms with Crippen LogP contribution in [0, 0.1) is 0 Å². The van der Waals surface area contributed by atoms with E-state index < -0.39 is 10.0 Å². The van der Waals surface area contributed by atoms with Crippen LogP contribution >= 0.6 is 0 Å². The Labute approximate surface area is 61.2 Å². The molecular formula is C6H11NO2S. The van der Waals surface area contributed by atoms with Gasteiger partial charge in [-0.3, -0.25) is 0 Å². The lowest BCUT2D eigenvalue weighted by molar-refractivity contribution is 0.573. The number of allylic oxidation sites excluding steroid dienone is 2. The van der Waals surface area contributed by atoms with Crippen LogP contribution in [0.15, 0.2) is 12.2 Å². The minimum atomic E-state index is -3.01. The van der Waals surface area contributed by atoms with Crippen molar-refractivity contribution in [1.82, 2.24) is 4.72 Å². The van der Waals surface area contributed by atoms with Gasteiger partial charge in [0.2, 0.25) is 10.0 Å². The molecule has 58 valence electrons. The minimum Gasteiger partial charge on any atom is -0.218 e. The summed E-state index contributed by atoms with van der Waals surface area (Å²) in [5.74, 6) is 0. The molecule has 4 heteroatoms. The second-order valence-corrected chi connectivity index (χ2v) is 4.48. The first kappa shape index (κ1) is 7.75. The predicted octanol–water partition coefficient (Wildman–Crippen LogP) is 0.254. The van der Waals surface area contributed by atoms with Gasteiger partial charge in [-0.2, -0.15) is 0 Å². The molecule has 0 spiro atoms. The van der Waals surface area contributed by atoms with Gasteiger partial charge >= 0.3 is 0 Å². The maximum atomic E-state index is 11.1. The highest BCUT2D eigenvalue weighted by atomic mass is 32.2. The molecule has 0 saturated heterocycles. The molecule has 0 aromatic rings. The smallest absolute Gasteiger partial charge is 0.214 e. The zero-order valence-electron chi connectivity index (χ0n) is 5.87. The zero-order chi connectivity index (χ0) is 7.61.